The molecule has 3 aliphatic rings. The Balaban J connectivity index is 1.19. The van der Waals surface area contributed by atoms with Crippen LogP contribution < -0.4 is 19.8 Å². The molecule has 5 rings (SSSR count). The zero-order valence-electron chi connectivity index (χ0n) is 18.4. The van der Waals surface area contributed by atoms with E-state index in [0.29, 0.717) is 22.7 Å². The summed E-state index contributed by atoms with van der Waals surface area (Å²) in [4.78, 5) is 51.3. The molecule has 35 heavy (non-hydrogen) atoms. The Labute approximate surface area is 204 Å². The van der Waals surface area contributed by atoms with Crippen LogP contribution in [0.15, 0.2) is 58.5 Å². The van der Waals surface area contributed by atoms with Crippen molar-refractivity contribution in [3.05, 3.63) is 59.0 Å². The van der Waals surface area contributed by atoms with Crippen molar-refractivity contribution in [3.63, 3.8) is 0 Å². The smallest absolute Gasteiger partial charge is 0.293 e. The third kappa shape index (κ3) is 4.76. The molecule has 0 saturated carbocycles. The minimum absolute atomic E-state index is 0.0174. The fourth-order valence-electron chi connectivity index (χ4n) is 3.72. The van der Waals surface area contributed by atoms with E-state index in [1.165, 1.54) is 5.01 Å². The van der Waals surface area contributed by atoms with Crippen LogP contribution in [-0.2, 0) is 14.4 Å². The number of hydrogen-bond acceptors (Lipinski definition) is 8. The Morgan fingerprint density at radius 2 is 1.86 bits per heavy atom. The number of fused-ring (bicyclic) bond motifs is 1. The molecule has 0 aromatic heterocycles. The van der Waals surface area contributed by atoms with Crippen molar-refractivity contribution in [2.75, 3.05) is 24.9 Å². The molecule has 4 amide bonds. The molecule has 1 N–H and O–H groups in total. The second-order valence-electron chi connectivity index (χ2n) is 7.79. The van der Waals surface area contributed by atoms with Crippen molar-refractivity contribution in [1.29, 1.82) is 0 Å². The zero-order valence-corrected chi connectivity index (χ0v) is 19.2. The Hall–Kier alpha value is -4.12. The Morgan fingerprint density at radius 1 is 1.06 bits per heavy atom. The molecule has 3 aliphatic heterocycles. The van der Waals surface area contributed by atoms with E-state index >= 15 is 0 Å². The van der Waals surface area contributed by atoms with Crippen molar-refractivity contribution in [1.82, 2.24) is 10.2 Å². The summed E-state index contributed by atoms with van der Waals surface area (Å²) in [5.74, 6) is 0.146. The van der Waals surface area contributed by atoms with Crippen molar-refractivity contribution in [2.45, 2.75) is 12.8 Å². The van der Waals surface area contributed by atoms with Crippen LogP contribution in [0.4, 0.5) is 10.5 Å². The topological polar surface area (TPSA) is 118 Å². The highest BCUT2D eigenvalue weighted by molar-refractivity contribution is 8.18. The van der Waals surface area contributed by atoms with Gasteiger partial charge in [-0.15, -0.1) is 0 Å². The molecular weight excluding hydrogens is 472 g/mol. The summed E-state index contributed by atoms with van der Waals surface area (Å²) in [7, 11) is 0. The molecule has 3 heterocycles. The van der Waals surface area contributed by atoms with Crippen LogP contribution in [0.1, 0.15) is 18.4 Å². The van der Waals surface area contributed by atoms with Crippen molar-refractivity contribution < 1.29 is 28.7 Å². The van der Waals surface area contributed by atoms with Gasteiger partial charge in [0.25, 0.3) is 17.1 Å². The second-order valence-corrected chi connectivity index (χ2v) is 8.78. The maximum atomic E-state index is 12.7. The molecule has 11 heteroatoms. The highest BCUT2D eigenvalue weighted by Crippen LogP contribution is 2.36. The highest BCUT2D eigenvalue weighted by atomic mass is 32.2. The van der Waals surface area contributed by atoms with Gasteiger partial charge in [0.05, 0.1) is 10.6 Å². The van der Waals surface area contributed by atoms with E-state index in [9.17, 15) is 19.2 Å². The van der Waals surface area contributed by atoms with Crippen LogP contribution in [-0.4, -0.2) is 53.5 Å². The predicted octanol–water partition coefficient (Wildman–Crippen LogP) is 2.75. The van der Waals surface area contributed by atoms with Gasteiger partial charge in [0.2, 0.25) is 12.7 Å². The zero-order chi connectivity index (χ0) is 24.4. The number of rotatable bonds is 6. The monoisotopic (exact) mass is 492 g/mol. The number of hydrazone groups is 1. The number of anilines is 1. The highest BCUT2D eigenvalue weighted by Gasteiger charge is 2.35. The van der Waals surface area contributed by atoms with Crippen molar-refractivity contribution >= 4 is 52.2 Å². The molecule has 0 unspecified atom stereocenters. The van der Waals surface area contributed by atoms with Crippen LogP contribution in [0.3, 0.4) is 0 Å². The van der Waals surface area contributed by atoms with Gasteiger partial charge in [-0.2, -0.15) is 5.10 Å². The van der Waals surface area contributed by atoms with Crippen molar-refractivity contribution in [3.8, 4) is 11.5 Å². The van der Waals surface area contributed by atoms with Crippen molar-refractivity contribution in [2.24, 2.45) is 5.10 Å². The summed E-state index contributed by atoms with van der Waals surface area (Å²) in [5.41, 5.74) is 1.50. The van der Waals surface area contributed by atoms with E-state index in [1.807, 2.05) is 6.07 Å². The first-order valence-corrected chi connectivity index (χ1v) is 11.7. The van der Waals surface area contributed by atoms with Gasteiger partial charge in [-0.25, -0.2) is 5.01 Å². The van der Waals surface area contributed by atoms with E-state index in [-0.39, 0.29) is 49.2 Å². The molecular formula is C24H20N4O6S. The van der Waals surface area contributed by atoms with Crippen LogP contribution in [0.25, 0.3) is 6.08 Å². The quantitative estimate of drug-likeness (QED) is 0.616. The summed E-state index contributed by atoms with van der Waals surface area (Å²) in [6.45, 7) is 0.226. The lowest BCUT2D eigenvalue weighted by Gasteiger charge is -2.23. The largest absolute Gasteiger partial charge is 0.454 e. The number of ether oxygens (including phenoxy) is 2. The molecule has 10 nitrogen and oxygen atoms in total. The standard InChI is InChI=1S/C24H20N4O6S/c29-21-9-7-17(26-28(21)16-4-2-1-3-5-16)22(30)25-10-11-27-23(31)20(35-24(27)32)13-15-6-8-18-19(12-15)34-14-33-18/h1-6,8,12-13H,7,9-11,14H2,(H,25,30)/b20-13-. The molecule has 1 saturated heterocycles. The molecule has 0 radical (unpaired) electrons. The number of thioether (sulfide) groups is 1. The van der Waals surface area contributed by atoms with Crippen LogP contribution in [0, 0.1) is 0 Å². The van der Waals surface area contributed by atoms with E-state index < -0.39 is 17.1 Å². The number of para-hydroxylation sites is 1. The number of amides is 4. The molecule has 1 fully saturated rings. The fraction of sp³-hybridized carbons (Fsp3) is 0.208. The van der Waals surface area contributed by atoms with E-state index in [0.717, 1.165) is 16.7 Å². The van der Waals surface area contributed by atoms with Gasteiger partial charge in [-0.1, -0.05) is 24.3 Å². The van der Waals surface area contributed by atoms with Gasteiger partial charge < -0.3 is 14.8 Å². The SMILES string of the molecule is O=C(NCCN1C(=O)S/C(=C\c2ccc3c(c2)OCO3)C1=O)C1=NN(c2ccccc2)C(=O)CC1. The number of hydrogen-bond donors (Lipinski definition) is 1. The average molecular weight is 493 g/mol. The van der Waals surface area contributed by atoms with Crippen LogP contribution in [0.2, 0.25) is 0 Å². The summed E-state index contributed by atoms with van der Waals surface area (Å²) < 4.78 is 10.6. The van der Waals surface area contributed by atoms with Crippen LogP contribution in [0.5, 0.6) is 11.5 Å². The molecule has 0 aliphatic carbocycles. The minimum atomic E-state index is -0.443. The lowest BCUT2D eigenvalue weighted by atomic mass is 10.1. The second kappa shape index (κ2) is 9.63. The number of nitrogens with zero attached hydrogens (tertiary/aromatic N) is 3. The van der Waals surface area contributed by atoms with Gasteiger partial charge in [0.15, 0.2) is 11.5 Å². The Morgan fingerprint density at radius 3 is 2.69 bits per heavy atom. The average Bonchev–Trinajstić information content (AvgIpc) is 3.44. The number of nitrogens with one attached hydrogen (secondary N) is 1. The number of carbonyl (C=O) groups is 4. The number of imide groups is 1. The van der Waals surface area contributed by atoms with Gasteiger partial charge in [-0.05, 0) is 47.7 Å². The van der Waals surface area contributed by atoms with Gasteiger partial charge in [-0.3, -0.25) is 24.1 Å². The third-order valence-electron chi connectivity index (χ3n) is 5.48. The predicted molar refractivity (Wildman–Crippen MR) is 129 cm³/mol. The van der Waals surface area contributed by atoms with Crippen LogP contribution >= 0.6 is 11.8 Å². The lowest BCUT2D eigenvalue weighted by Crippen LogP contribution is -2.42. The number of benzene rings is 2. The Bertz CT molecular complexity index is 1280. The first kappa shape index (κ1) is 22.7. The summed E-state index contributed by atoms with van der Waals surface area (Å²) >= 11 is 0.841. The van der Waals surface area contributed by atoms with Gasteiger partial charge in [0, 0.05) is 25.9 Å². The summed E-state index contributed by atoms with van der Waals surface area (Å²) in [6, 6.07) is 14.1. The first-order valence-electron chi connectivity index (χ1n) is 10.9. The first-order chi connectivity index (χ1) is 17.0. The van der Waals surface area contributed by atoms with Gasteiger partial charge >= 0.3 is 0 Å². The molecule has 0 bridgehead atoms. The van der Waals surface area contributed by atoms with E-state index in [2.05, 4.69) is 10.4 Å². The summed E-state index contributed by atoms with van der Waals surface area (Å²) in [6.07, 6.45) is 2.00. The minimum Gasteiger partial charge on any atom is -0.454 e. The normalized spacial score (nSPS) is 18.3. The van der Waals surface area contributed by atoms with Gasteiger partial charge in [0.1, 0.15) is 5.71 Å². The molecule has 2 aromatic rings. The Kier molecular flexibility index (Phi) is 6.23. The molecule has 2 aromatic carbocycles. The van der Waals surface area contributed by atoms with E-state index in [4.69, 9.17) is 9.47 Å². The molecule has 178 valence electrons. The maximum absolute atomic E-state index is 12.7. The summed E-state index contributed by atoms with van der Waals surface area (Å²) in [5, 5.41) is 7.70. The third-order valence-corrected chi connectivity index (χ3v) is 6.39. The molecule has 0 spiro atoms. The fourth-order valence-corrected chi connectivity index (χ4v) is 4.58. The number of carbonyl (C=O) groups excluding carboxylic acids is 4. The maximum Gasteiger partial charge on any atom is 0.293 e. The lowest BCUT2D eigenvalue weighted by molar-refractivity contribution is -0.123. The molecule has 0 atom stereocenters. The van der Waals surface area contributed by atoms with E-state index in [1.54, 1.807) is 48.5 Å².